The van der Waals surface area contributed by atoms with Gasteiger partial charge in [-0.15, -0.1) is 0 Å². The molecule has 2 heterocycles. The maximum absolute atomic E-state index is 11.5. The monoisotopic (exact) mass is 484 g/mol. The molecule has 1 atom stereocenters. The minimum absolute atomic E-state index is 0.173. The largest absolute Gasteiger partial charge is 0.465 e. The number of hydrogen-bond donors (Lipinski definition) is 3. The number of aromatic nitrogens is 3. The van der Waals surface area contributed by atoms with Crippen LogP contribution in [0.4, 0.5) is 27.2 Å². The maximum atomic E-state index is 11.5. The molecule has 0 aliphatic carbocycles. The molecule has 0 radical (unpaired) electrons. The first-order chi connectivity index (χ1) is 16.3. The van der Waals surface area contributed by atoms with Crippen molar-refractivity contribution in [3.63, 3.8) is 0 Å². The standard InChI is InChI=1S/C23H28N6O4S/c1-5-14(2)19-20(34-22(28-19)25-15(3)30)18-10-11-24-21(27-18)26-16-6-8-17(9-7-16)29(23(31)32)12-13-33-4/h6-11,14H,5,12-13H2,1-4H3,(H,31,32)(H,24,26,27)(H,25,28,30). The van der Waals surface area contributed by atoms with Crippen molar-refractivity contribution in [1.82, 2.24) is 15.0 Å². The molecular weight excluding hydrogens is 456 g/mol. The molecule has 0 fully saturated rings. The molecule has 2 aromatic heterocycles. The molecule has 0 spiro atoms. The average Bonchev–Trinajstić information content (AvgIpc) is 3.23. The second-order valence-electron chi connectivity index (χ2n) is 7.59. The lowest BCUT2D eigenvalue weighted by Gasteiger charge is -2.19. The molecule has 3 rings (SSSR count). The van der Waals surface area contributed by atoms with Gasteiger partial charge in [-0.05, 0) is 42.7 Å². The molecule has 0 bridgehead atoms. The third-order valence-corrected chi connectivity index (χ3v) is 6.10. The van der Waals surface area contributed by atoms with Gasteiger partial charge >= 0.3 is 6.09 Å². The number of ether oxygens (including phenoxy) is 1. The second-order valence-corrected chi connectivity index (χ2v) is 8.59. The topological polar surface area (TPSA) is 130 Å². The van der Waals surface area contributed by atoms with E-state index >= 15 is 0 Å². The van der Waals surface area contributed by atoms with E-state index in [-0.39, 0.29) is 18.4 Å². The van der Waals surface area contributed by atoms with Gasteiger partial charge in [-0.1, -0.05) is 25.2 Å². The summed E-state index contributed by atoms with van der Waals surface area (Å²) in [5, 5.41) is 15.9. The molecule has 180 valence electrons. The van der Waals surface area contributed by atoms with E-state index in [1.54, 1.807) is 30.5 Å². The van der Waals surface area contributed by atoms with E-state index in [9.17, 15) is 14.7 Å². The van der Waals surface area contributed by atoms with Crippen LogP contribution in [0, 0.1) is 0 Å². The number of carbonyl (C=O) groups excluding carboxylic acids is 1. The number of nitrogens with zero attached hydrogens (tertiary/aromatic N) is 4. The second kappa shape index (κ2) is 11.5. The SMILES string of the molecule is CCC(C)c1nc(NC(C)=O)sc1-c1ccnc(Nc2ccc(N(CCOC)C(=O)O)cc2)n1. The summed E-state index contributed by atoms with van der Waals surface area (Å²) in [4.78, 5) is 38.7. The molecule has 34 heavy (non-hydrogen) atoms. The van der Waals surface area contributed by atoms with Gasteiger partial charge in [-0.3, -0.25) is 9.69 Å². The molecule has 0 saturated heterocycles. The van der Waals surface area contributed by atoms with Gasteiger partial charge in [-0.2, -0.15) is 0 Å². The number of carbonyl (C=O) groups is 2. The summed E-state index contributed by atoms with van der Waals surface area (Å²) in [6.45, 7) is 6.16. The highest BCUT2D eigenvalue weighted by molar-refractivity contribution is 7.19. The fourth-order valence-corrected chi connectivity index (χ4v) is 4.27. The predicted octanol–water partition coefficient (Wildman–Crippen LogP) is 4.95. The van der Waals surface area contributed by atoms with Crippen LogP contribution >= 0.6 is 11.3 Å². The fourth-order valence-electron chi connectivity index (χ4n) is 3.16. The molecule has 3 N–H and O–H groups in total. The fraction of sp³-hybridized carbons (Fsp3) is 0.348. The Balaban J connectivity index is 1.83. The molecular formula is C23H28N6O4S. The number of amides is 2. The number of rotatable bonds is 10. The van der Waals surface area contributed by atoms with Gasteiger partial charge in [-0.25, -0.2) is 19.7 Å². The summed E-state index contributed by atoms with van der Waals surface area (Å²) < 4.78 is 4.99. The molecule has 11 heteroatoms. The lowest BCUT2D eigenvalue weighted by atomic mass is 10.0. The summed E-state index contributed by atoms with van der Waals surface area (Å²) in [5.74, 6) is 0.417. The van der Waals surface area contributed by atoms with Crippen LogP contribution in [0.3, 0.4) is 0 Å². The third kappa shape index (κ3) is 6.27. The lowest BCUT2D eigenvalue weighted by molar-refractivity contribution is -0.114. The van der Waals surface area contributed by atoms with Crippen LogP contribution in [-0.4, -0.2) is 52.3 Å². The van der Waals surface area contributed by atoms with E-state index in [0.29, 0.717) is 34.8 Å². The summed E-state index contributed by atoms with van der Waals surface area (Å²) in [6.07, 6.45) is 1.51. The summed E-state index contributed by atoms with van der Waals surface area (Å²) in [6, 6.07) is 8.76. The maximum Gasteiger partial charge on any atom is 0.411 e. The van der Waals surface area contributed by atoms with Gasteiger partial charge in [0.1, 0.15) is 0 Å². The van der Waals surface area contributed by atoms with E-state index in [1.165, 1.54) is 30.3 Å². The van der Waals surface area contributed by atoms with E-state index < -0.39 is 6.09 Å². The van der Waals surface area contributed by atoms with Crippen LogP contribution in [0.25, 0.3) is 10.6 Å². The van der Waals surface area contributed by atoms with Gasteiger partial charge < -0.3 is 20.5 Å². The minimum atomic E-state index is -1.05. The van der Waals surface area contributed by atoms with Crippen molar-refractivity contribution >= 4 is 45.8 Å². The van der Waals surface area contributed by atoms with Crippen molar-refractivity contribution in [2.75, 3.05) is 35.8 Å². The first-order valence-electron chi connectivity index (χ1n) is 10.8. The minimum Gasteiger partial charge on any atom is -0.465 e. The number of benzene rings is 1. The first kappa shape index (κ1) is 25.1. The molecule has 1 unspecified atom stereocenters. The molecule has 0 aliphatic rings. The molecule has 1 aromatic carbocycles. The Bertz CT molecular complexity index is 1130. The molecule has 0 saturated carbocycles. The highest BCUT2D eigenvalue weighted by Crippen LogP contribution is 2.37. The Morgan fingerprint density at radius 3 is 2.56 bits per heavy atom. The van der Waals surface area contributed by atoms with Crippen LogP contribution in [0.15, 0.2) is 36.5 Å². The Morgan fingerprint density at radius 1 is 1.21 bits per heavy atom. The Labute approximate surface area is 202 Å². The van der Waals surface area contributed by atoms with Crippen molar-refractivity contribution in [3.05, 3.63) is 42.2 Å². The van der Waals surface area contributed by atoms with E-state index in [1.807, 2.05) is 6.07 Å². The highest BCUT2D eigenvalue weighted by atomic mass is 32.1. The zero-order valence-electron chi connectivity index (χ0n) is 19.5. The molecule has 0 aliphatic heterocycles. The molecule has 3 aromatic rings. The summed E-state index contributed by atoms with van der Waals surface area (Å²) in [5.41, 5.74) is 2.84. The van der Waals surface area contributed by atoms with Crippen LogP contribution in [0.5, 0.6) is 0 Å². The molecule has 2 amide bonds. The number of methoxy groups -OCH3 is 1. The quantitative estimate of drug-likeness (QED) is 0.369. The molecule has 10 nitrogen and oxygen atoms in total. The Kier molecular flexibility index (Phi) is 8.50. The number of hydrogen-bond acceptors (Lipinski definition) is 8. The van der Waals surface area contributed by atoms with Gasteiger partial charge in [0.15, 0.2) is 5.13 Å². The van der Waals surface area contributed by atoms with Crippen LogP contribution in [0.1, 0.15) is 38.8 Å². The van der Waals surface area contributed by atoms with Gasteiger partial charge in [0, 0.05) is 31.6 Å². The third-order valence-electron chi connectivity index (χ3n) is 5.09. The van der Waals surface area contributed by atoms with Gasteiger partial charge in [0.2, 0.25) is 11.9 Å². The highest BCUT2D eigenvalue weighted by Gasteiger charge is 2.20. The first-order valence-corrected chi connectivity index (χ1v) is 11.6. The van der Waals surface area contributed by atoms with Crippen molar-refractivity contribution < 1.29 is 19.4 Å². The lowest BCUT2D eigenvalue weighted by Crippen LogP contribution is -2.32. The Hall–Kier alpha value is -3.57. The zero-order chi connectivity index (χ0) is 24.7. The van der Waals surface area contributed by atoms with E-state index in [2.05, 4.69) is 39.4 Å². The van der Waals surface area contributed by atoms with Gasteiger partial charge in [0.25, 0.3) is 0 Å². The van der Waals surface area contributed by atoms with Crippen molar-refractivity contribution in [3.8, 4) is 10.6 Å². The van der Waals surface area contributed by atoms with Crippen molar-refractivity contribution in [2.45, 2.75) is 33.1 Å². The van der Waals surface area contributed by atoms with Gasteiger partial charge in [0.05, 0.1) is 29.4 Å². The van der Waals surface area contributed by atoms with E-state index in [4.69, 9.17) is 4.74 Å². The van der Waals surface area contributed by atoms with Crippen molar-refractivity contribution in [2.24, 2.45) is 0 Å². The summed E-state index contributed by atoms with van der Waals surface area (Å²) in [7, 11) is 1.53. The van der Waals surface area contributed by atoms with Crippen LogP contribution in [0.2, 0.25) is 0 Å². The Morgan fingerprint density at radius 2 is 1.94 bits per heavy atom. The number of nitrogens with one attached hydrogen (secondary N) is 2. The smallest absolute Gasteiger partial charge is 0.411 e. The van der Waals surface area contributed by atoms with Crippen LogP contribution in [-0.2, 0) is 9.53 Å². The normalized spacial score (nSPS) is 11.6. The average molecular weight is 485 g/mol. The number of anilines is 4. The van der Waals surface area contributed by atoms with Crippen LogP contribution < -0.4 is 15.5 Å². The number of carboxylic acid groups (broad SMARTS) is 1. The zero-order valence-corrected chi connectivity index (χ0v) is 20.3. The summed E-state index contributed by atoms with van der Waals surface area (Å²) >= 11 is 1.38. The van der Waals surface area contributed by atoms with E-state index in [0.717, 1.165) is 17.0 Å². The van der Waals surface area contributed by atoms with Crippen molar-refractivity contribution in [1.29, 1.82) is 0 Å². The predicted molar refractivity (Wildman–Crippen MR) is 133 cm³/mol. The number of thiazole rings is 1.